The molecule has 1 heterocycles. The largest absolute Gasteiger partial charge is 0.478 e. The van der Waals surface area contributed by atoms with Gasteiger partial charge in [-0.25, -0.2) is 4.79 Å². The molecule has 0 bridgehead atoms. The Morgan fingerprint density at radius 3 is 1.96 bits per heavy atom. The van der Waals surface area contributed by atoms with Gasteiger partial charge >= 0.3 is 5.97 Å². The highest BCUT2D eigenvalue weighted by Gasteiger charge is 2.31. The Kier molecular flexibility index (Phi) is 3.35. The van der Waals surface area contributed by atoms with Crippen LogP contribution in [0.4, 0.5) is 11.4 Å². The van der Waals surface area contributed by atoms with Crippen LogP contribution in [0.1, 0.15) is 33.0 Å². The van der Waals surface area contributed by atoms with Crippen molar-refractivity contribution in [1.29, 1.82) is 0 Å². The first kappa shape index (κ1) is 15.1. The van der Waals surface area contributed by atoms with Crippen molar-refractivity contribution >= 4 is 17.3 Å². The number of hydrogen-bond acceptors (Lipinski definition) is 4. The number of carboxylic acid groups (broad SMARTS) is 1. The van der Waals surface area contributed by atoms with Crippen LogP contribution in [0.3, 0.4) is 0 Å². The highest BCUT2D eigenvalue weighted by atomic mass is 16.5. The predicted molar refractivity (Wildman–Crippen MR) is 96.1 cm³/mol. The number of hydrogen-bond donors (Lipinski definition) is 3. The van der Waals surface area contributed by atoms with Gasteiger partial charge < -0.3 is 21.3 Å². The summed E-state index contributed by atoms with van der Waals surface area (Å²) in [5, 5.41) is 9.61. The highest BCUT2D eigenvalue weighted by Crippen LogP contribution is 2.48. The quantitative estimate of drug-likeness (QED) is 0.484. The van der Waals surface area contributed by atoms with Crippen molar-refractivity contribution in [3.05, 3.63) is 82.9 Å². The molecule has 5 heteroatoms. The molecule has 124 valence electrons. The first-order valence-corrected chi connectivity index (χ1v) is 7.83. The zero-order valence-electron chi connectivity index (χ0n) is 13.3. The molecule has 0 amide bonds. The van der Waals surface area contributed by atoms with Gasteiger partial charge in [0.2, 0.25) is 0 Å². The molecular formula is C20H16N2O3. The lowest BCUT2D eigenvalue weighted by atomic mass is 9.80. The third-order valence-corrected chi connectivity index (χ3v) is 4.42. The van der Waals surface area contributed by atoms with E-state index in [1.54, 1.807) is 36.4 Å². The monoisotopic (exact) mass is 332 g/mol. The molecular weight excluding hydrogens is 316 g/mol. The summed E-state index contributed by atoms with van der Waals surface area (Å²) in [4.78, 5) is 11.7. The van der Waals surface area contributed by atoms with Gasteiger partial charge in [0.1, 0.15) is 11.5 Å². The van der Waals surface area contributed by atoms with E-state index in [1.165, 1.54) is 0 Å². The maximum absolute atomic E-state index is 11.7. The van der Waals surface area contributed by atoms with Crippen molar-refractivity contribution in [1.82, 2.24) is 0 Å². The van der Waals surface area contributed by atoms with Gasteiger partial charge in [-0.2, -0.15) is 0 Å². The van der Waals surface area contributed by atoms with Crippen LogP contribution in [0.15, 0.2) is 60.7 Å². The van der Waals surface area contributed by atoms with Gasteiger partial charge in [-0.15, -0.1) is 0 Å². The second-order valence-electron chi connectivity index (χ2n) is 6.02. The fourth-order valence-corrected chi connectivity index (χ4v) is 3.32. The van der Waals surface area contributed by atoms with E-state index in [1.807, 2.05) is 24.3 Å². The summed E-state index contributed by atoms with van der Waals surface area (Å²) in [6, 6.07) is 17.9. The Hall–Kier alpha value is -3.47. The molecule has 3 aromatic rings. The molecule has 5 N–H and O–H groups in total. The first-order chi connectivity index (χ1) is 12.0. The molecule has 0 fully saturated rings. The average molecular weight is 332 g/mol. The third kappa shape index (κ3) is 2.46. The lowest BCUT2D eigenvalue weighted by molar-refractivity contribution is 0.0695. The Labute approximate surface area is 144 Å². The van der Waals surface area contributed by atoms with E-state index >= 15 is 0 Å². The van der Waals surface area contributed by atoms with Crippen LogP contribution < -0.4 is 16.2 Å². The molecule has 5 nitrogen and oxygen atoms in total. The number of ether oxygens (including phenoxy) is 1. The third-order valence-electron chi connectivity index (χ3n) is 4.42. The van der Waals surface area contributed by atoms with Gasteiger partial charge in [-0.3, -0.25) is 0 Å². The van der Waals surface area contributed by atoms with Crippen LogP contribution in [-0.4, -0.2) is 11.1 Å². The van der Waals surface area contributed by atoms with Crippen molar-refractivity contribution in [3.63, 3.8) is 0 Å². The van der Waals surface area contributed by atoms with E-state index in [4.69, 9.17) is 16.2 Å². The van der Waals surface area contributed by atoms with Gasteiger partial charge in [0.25, 0.3) is 0 Å². The number of fused-ring (bicyclic) bond motifs is 2. The van der Waals surface area contributed by atoms with Crippen molar-refractivity contribution in [2.24, 2.45) is 0 Å². The molecule has 0 aliphatic carbocycles. The lowest BCUT2D eigenvalue weighted by Gasteiger charge is -2.29. The fourth-order valence-electron chi connectivity index (χ4n) is 3.32. The summed E-state index contributed by atoms with van der Waals surface area (Å²) in [5.74, 6) is -0.00471. The van der Waals surface area contributed by atoms with Gasteiger partial charge in [-0.05, 0) is 23.8 Å². The van der Waals surface area contributed by atoms with Gasteiger partial charge in [-0.1, -0.05) is 30.3 Å². The molecule has 0 unspecified atom stereocenters. The second kappa shape index (κ2) is 5.56. The smallest absolute Gasteiger partial charge is 0.335 e. The van der Waals surface area contributed by atoms with Crippen molar-refractivity contribution < 1.29 is 14.6 Å². The number of carbonyl (C=O) groups is 1. The lowest BCUT2D eigenvalue weighted by Crippen LogP contribution is -2.15. The van der Waals surface area contributed by atoms with Gasteiger partial charge in [0.15, 0.2) is 0 Å². The zero-order chi connectivity index (χ0) is 17.6. The van der Waals surface area contributed by atoms with Crippen molar-refractivity contribution in [2.75, 3.05) is 11.5 Å². The Morgan fingerprint density at radius 1 is 0.840 bits per heavy atom. The van der Waals surface area contributed by atoms with E-state index in [9.17, 15) is 9.90 Å². The molecule has 0 spiro atoms. The predicted octanol–water partition coefficient (Wildman–Crippen LogP) is 3.84. The maximum Gasteiger partial charge on any atom is 0.335 e. The fraction of sp³-hybridized carbons (Fsp3) is 0.0500. The molecule has 0 saturated carbocycles. The number of nitrogen functional groups attached to an aromatic ring is 2. The number of benzene rings is 3. The Morgan fingerprint density at radius 2 is 1.40 bits per heavy atom. The van der Waals surface area contributed by atoms with Crippen LogP contribution in [-0.2, 0) is 0 Å². The van der Waals surface area contributed by atoms with Crippen LogP contribution in [0.2, 0.25) is 0 Å². The SMILES string of the molecule is Nc1ccc2c(c1)Oc1cc(N)ccc1C2c1ccccc1C(=O)O. The highest BCUT2D eigenvalue weighted by molar-refractivity contribution is 5.90. The van der Waals surface area contributed by atoms with E-state index in [0.29, 0.717) is 28.4 Å². The minimum absolute atomic E-state index is 0.264. The van der Waals surface area contributed by atoms with Crippen LogP contribution in [0.25, 0.3) is 0 Å². The zero-order valence-corrected chi connectivity index (χ0v) is 13.3. The van der Waals surface area contributed by atoms with E-state index < -0.39 is 5.97 Å². The van der Waals surface area contributed by atoms with Gasteiger partial charge in [0.05, 0.1) is 5.56 Å². The maximum atomic E-state index is 11.7. The molecule has 0 atom stereocenters. The minimum atomic E-state index is -0.962. The molecule has 4 rings (SSSR count). The normalized spacial score (nSPS) is 12.8. The number of nitrogens with two attached hydrogens (primary N) is 2. The summed E-state index contributed by atoms with van der Waals surface area (Å²) >= 11 is 0. The molecule has 1 aliphatic heterocycles. The number of aromatic carboxylic acids is 1. The molecule has 25 heavy (non-hydrogen) atoms. The molecule has 1 aliphatic rings. The Balaban J connectivity index is 2.01. The standard InChI is InChI=1S/C20H16N2O3/c21-11-5-7-15-17(9-11)25-18-10-12(22)6-8-16(18)19(15)13-3-1-2-4-14(13)20(23)24/h1-10,19H,21-22H2,(H,23,24). The van der Waals surface area contributed by atoms with Crippen molar-refractivity contribution in [3.8, 4) is 11.5 Å². The van der Waals surface area contributed by atoms with E-state index in [0.717, 1.165) is 11.1 Å². The number of anilines is 2. The van der Waals surface area contributed by atoms with Crippen LogP contribution in [0.5, 0.6) is 11.5 Å². The molecule has 0 saturated heterocycles. The average Bonchev–Trinajstić information content (AvgIpc) is 2.59. The number of rotatable bonds is 2. The summed E-state index contributed by atoms with van der Waals surface area (Å²) < 4.78 is 5.98. The summed E-state index contributed by atoms with van der Waals surface area (Å²) in [5.41, 5.74) is 15.7. The Bertz CT molecular complexity index is 946. The first-order valence-electron chi connectivity index (χ1n) is 7.83. The summed E-state index contributed by atoms with van der Waals surface area (Å²) in [7, 11) is 0. The van der Waals surface area contributed by atoms with Crippen LogP contribution in [0, 0.1) is 0 Å². The molecule has 0 radical (unpaired) electrons. The van der Waals surface area contributed by atoms with Crippen molar-refractivity contribution in [2.45, 2.75) is 5.92 Å². The van der Waals surface area contributed by atoms with Gasteiger partial charge in [0, 0.05) is 40.6 Å². The summed E-state index contributed by atoms with van der Waals surface area (Å²) in [6.07, 6.45) is 0. The van der Waals surface area contributed by atoms with Crippen LogP contribution >= 0.6 is 0 Å². The van der Waals surface area contributed by atoms with E-state index in [-0.39, 0.29) is 11.5 Å². The number of carboxylic acids is 1. The molecule has 0 aromatic heterocycles. The second-order valence-corrected chi connectivity index (χ2v) is 6.02. The minimum Gasteiger partial charge on any atom is -0.478 e. The summed E-state index contributed by atoms with van der Waals surface area (Å²) in [6.45, 7) is 0. The molecule has 3 aromatic carbocycles. The topological polar surface area (TPSA) is 98.6 Å². The van der Waals surface area contributed by atoms with E-state index in [2.05, 4.69) is 0 Å².